The van der Waals surface area contributed by atoms with Crippen LogP contribution in [0.25, 0.3) is 10.9 Å². The van der Waals surface area contributed by atoms with Gasteiger partial charge in [0.1, 0.15) is 0 Å². The number of hydrazone groups is 1. The van der Waals surface area contributed by atoms with Crippen LogP contribution >= 0.6 is 11.8 Å². The number of benzene rings is 2. The zero-order chi connectivity index (χ0) is 18.2. The van der Waals surface area contributed by atoms with Crippen LogP contribution < -0.4 is 14.9 Å². The lowest BCUT2D eigenvalue weighted by atomic mass is 10.1. The first-order valence-electron chi connectivity index (χ1n) is 8.77. The van der Waals surface area contributed by atoms with Gasteiger partial charge >= 0.3 is 0 Å². The summed E-state index contributed by atoms with van der Waals surface area (Å²) in [6.45, 7) is 3.01. The van der Waals surface area contributed by atoms with Crippen LogP contribution in [0.3, 0.4) is 0 Å². The van der Waals surface area contributed by atoms with Crippen molar-refractivity contribution in [2.45, 2.75) is 18.7 Å². The number of rotatable bonds is 3. The molecule has 0 saturated carbocycles. The molecular formula is C20H18N4O2S. The summed E-state index contributed by atoms with van der Waals surface area (Å²) in [6, 6.07) is 14.2. The highest BCUT2D eigenvalue weighted by atomic mass is 32.2. The number of H-pyrrole nitrogens is 1. The molecule has 1 unspecified atom stereocenters. The van der Waals surface area contributed by atoms with E-state index in [-0.39, 0.29) is 12.0 Å². The third-order valence-corrected chi connectivity index (χ3v) is 5.67. The minimum Gasteiger partial charge on any atom is -0.454 e. The van der Waals surface area contributed by atoms with E-state index in [2.05, 4.69) is 39.6 Å². The highest BCUT2D eigenvalue weighted by Gasteiger charge is 2.23. The number of amidine groups is 1. The molecule has 2 N–H and O–H groups in total. The van der Waals surface area contributed by atoms with Gasteiger partial charge in [0.25, 0.3) is 0 Å². The predicted octanol–water partition coefficient (Wildman–Crippen LogP) is 3.88. The standard InChI is InChI=1S/C20H18N4O2S/c1-12-19(15-10-21-16-5-3-2-4-14(15)16)23-24-20(27-12)22-9-13-6-7-17-18(8-13)26-11-25-17/h2-8,10,12,21H,9,11H2,1H3,(H,22,24). The molecule has 6 nitrogen and oxygen atoms in total. The predicted molar refractivity (Wildman–Crippen MR) is 109 cm³/mol. The first-order chi connectivity index (χ1) is 13.3. The van der Waals surface area contributed by atoms with Crippen LogP contribution in [0, 0.1) is 0 Å². The van der Waals surface area contributed by atoms with Crippen LogP contribution in [-0.2, 0) is 6.54 Å². The monoisotopic (exact) mass is 378 g/mol. The Morgan fingerprint density at radius 2 is 2.07 bits per heavy atom. The fourth-order valence-electron chi connectivity index (χ4n) is 3.29. The van der Waals surface area contributed by atoms with Gasteiger partial charge in [0.05, 0.1) is 17.5 Å². The first-order valence-corrected chi connectivity index (χ1v) is 9.65. The van der Waals surface area contributed by atoms with Crippen LogP contribution in [0.5, 0.6) is 11.5 Å². The van der Waals surface area contributed by atoms with Crippen LogP contribution in [0.15, 0.2) is 58.8 Å². The summed E-state index contributed by atoms with van der Waals surface area (Å²) in [6.07, 6.45) is 2.02. The number of thioether (sulfide) groups is 1. The van der Waals surface area contributed by atoms with Gasteiger partial charge in [-0.15, -0.1) is 0 Å². The van der Waals surface area contributed by atoms with E-state index in [1.807, 2.05) is 36.5 Å². The molecule has 1 atom stereocenters. The van der Waals surface area contributed by atoms with E-state index in [1.165, 1.54) is 5.39 Å². The van der Waals surface area contributed by atoms with Crippen molar-refractivity contribution in [2.75, 3.05) is 6.79 Å². The molecule has 5 rings (SSSR count). The minimum atomic E-state index is 0.209. The van der Waals surface area contributed by atoms with E-state index in [4.69, 9.17) is 9.47 Å². The maximum absolute atomic E-state index is 5.42. The highest BCUT2D eigenvalue weighted by molar-refractivity contribution is 8.15. The number of hydrogen-bond donors (Lipinski definition) is 2. The van der Waals surface area contributed by atoms with Gasteiger partial charge in [-0.3, -0.25) is 10.4 Å². The molecular weight excluding hydrogens is 360 g/mol. The van der Waals surface area contributed by atoms with Crippen molar-refractivity contribution >= 4 is 33.5 Å². The molecule has 3 aromatic rings. The van der Waals surface area contributed by atoms with Crippen LogP contribution in [0.2, 0.25) is 0 Å². The van der Waals surface area contributed by atoms with Gasteiger partial charge in [0.2, 0.25) is 6.79 Å². The smallest absolute Gasteiger partial charge is 0.231 e. The van der Waals surface area contributed by atoms with Gasteiger partial charge in [-0.25, -0.2) is 0 Å². The van der Waals surface area contributed by atoms with Crippen molar-refractivity contribution in [1.82, 2.24) is 10.4 Å². The van der Waals surface area contributed by atoms with E-state index in [0.29, 0.717) is 6.54 Å². The Balaban J connectivity index is 1.35. The second-order valence-electron chi connectivity index (χ2n) is 6.43. The fraction of sp³-hybridized carbons (Fsp3) is 0.200. The minimum absolute atomic E-state index is 0.209. The molecule has 1 aromatic heterocycles. The van der Waals surface area contributed by atoms with Gasteiger partial charge in [-0.1, -0.05) is 36.0 Å². The molecule has 0 fully saturated rings. The molecule has 0 aliphatic carbocycles. The number of nitrogens with zero attached hydrogens (tertiary/aromatic N) is 2. The second kappa shape index (κ2) is 6.66. The lowest BCUT2D eigenvalue weighted by Gasteiger charge is -2.20. The summed E-state index contributed by atoms with van der Waals surface area (Å²) in [5.41, 5.74) is 7.46. The molecule has 0 amide bonds. The molecule has 2 aliphatic rings. The van der Waals surface area contributed by atoms with Gasteiger partial charge in [-0.05, 0) is 30.7 Å². The Labute approximate surface area is 160 Å². The molecule has 0 radical (unpaired) electrons. The van der Waals surface area contributed by atoms with E-state index in [9.17, 15) is 0 Å². The maximum Gasteiger partial charge on any atom is 0.231 e. The van der Waals surface area contributed by atoms with Crippen LogP contribution in [0.4, 0.5) is 0 Å². The molecule has 136 valence electrons. The van der Waals surface area contributed by atoms with Crippen molar-refractivity contribution < 1.29 is 9.47 Å². The maximum atomic E-state index is 5.42. The molecule has 0 spiro atoms. The number of fused-ring (bicyclic) bond motifs is 2. The topological polar surface area (TPSA) is 71.0 Å². The first kappa shape index (κ1) is 16.3. The number of aromatic nitrogens is 1. The summed E-state index contributed by atoms with van der Waals surface area (Å²) < 4.78 is 10.8. The highest BCUT2D eigenvalue weighted by Crippen LogP contribution is 2.33. The fourth-order valence-corrected chi connectivity index (χ4v) is 4.15. The van der Waals surface area contributed by atoms with Crippen molar-refractivity contribution in [3.63, 3.8) is 0 Å². The third kappa shape index (κ3) is 3.04. The van der Waals surface area contributed by atoms with E-state index >= 15 is 0 Å². The Morgan fingerprint density at radius 1 is 1.19 bits per heavy atom. The van der Waals surface area contributed by atoms with Gasteiger partial charge < -0.3 is 14.5 Å². The number of aliphatic imine (C=N–C) groups is 1. The largest absolute Gasteiger partial charge is 0.454 e. The summed E-state index contributed by atoms with van der Waals surface area (Å²) in [7, 11) is 0. The Bertz CT molecular complexity index is 1070. The van der Waals surface area contributed by atoms with Crippen molar-refractivity contribution in [2.24, 2.45) is 10.1 Å². The van der Waals surface area contributed by atoms with Crippen molar-refractivity contribution in [3.05, 3.63) is 59.8 Å². The molecule has 0 saturated heterocycles. The zero-order valence-electron chi connectivity index (χ0n) is 14.7. The molecule has 27 heavy (non-hydrogen) atoms. The number of hydrogen-bond acceptors (Lipinski definition) is 5. The van der Waals surface area contributed by atoms with Gasteiger partial charge in [0, 0.05) is 22.7 Å². The number of ether oxygens (including phenoxy) is 2. The van der Waals surface area contributed by atoms with Crippen LogP contribution in [-0.4, -0.2) is 27.9 Å². The Kier molecular flexibility index (Phi) is 4.01. The molecule has 0 bridgehead atoms. The summed E-state index contributed by atoms with van der Waals surface area (Å²) >= 11 is 1.68. The average Bonchev–Trinajstić information content (AvgIpc) is 3.33. The number of aromatic amines is 1. The van der Waals surface area contributed by atoms with Crippen molar-refractivity contribution in [1.29, 1.82) is 0 Å². The number of para-hydroxylation sites is 1. The zero-order valence-corrected chi connectivity index (χ0v) is 15.5. The van der Waals surface area contributed by atoms with Crippen LogP contribution in [0.1, 0.15) is 18.1 Å². The summed E-state index contributed by atoms with van der Waals surface area (Å²) in [5.74, 6) is 1.57. The van der Waals surface area contributed by atoms with Gasteiger partial charge in [-0.2, -0.15) is 5.10 Å². The molecule has 3 heterocycles. The summed E-state index contributed by atoms with van der Waals surface area (Å²) in [5, 5.41) is 6.82. The Hall–Kier alpha value is -2.93. The second-order valence-corrected chi connectivity index (χ2v) is 7.76. The quantitative estimate of drug-likeness (QED) is 0.726. The normalized spacial score (nSPS) is 20.0. The molecule has 2 aliphatic heterocycles. The Morgan fingerprint density at radius 3 is 3.00 bits per heavy atom. The lowest BCUT2D eigenvalue weighted by molar-refractivity contribution is 0.174. The summed E-state index contributed by atoms with van der Waals surface area (Å²) in [4.78, 5) is 7.98. The third-order valence-electron chi connectivity index (χ3n) is 4.65. The van der Waals surface area contributed by atoms with E-state index in [0.717, 1.165) is 39.0 Å². The lowest BCUT2D eigenvalue weighted by Crippen LogP contribution is -2.30. The number of nitrogens with one attached hydrogen (secondary N) is 2. The van der Waals surface area contributed by atoms with Gasteiger partial charge in [0.15, 0.2) is 16.7 Å². The van der Waals surface area contributed by atoms with E-state index in [1.54, 1.807) is 11.8 Å². The SMILES string of the molecule is CC1SC(=NCc2ccc3c(c2)OCO3)NN=C1c1c[nH]c2ccccc12. The molecule has 7 heteroatoms. The van der Waals surface area contributed by atoms with Crippen molar-refractivity contribution in [3.8, 4) is 11.5 Å². The van der Waals surface area contributed by atoms with E-state index < -0.39 is 0 Å². The molecule has 2 aromatic carbocycles. The average molecular weight is 378 g/mol.